The normalized spacial score (nSPS) is 18.6. The Bertz CT molecular complexity index is 2110. The fourth-order valence-corrected chi connectivity index (χ4v) is 9.63. The third kappa shape index (κ3) is 14.0. The summed E-state index contributed by atoms with van der Waals surface area (Å²) in [5, 5.41) is 25.1. The Morgan fingerprint density at radius 3 is 2.03 bits per heavy atom. The number of carbonyl (C=O) groups is 7. The number of rotatable bonds is 26. The van der Waals surface area contributed by atoms with Crippen LogP contribution in [0.2, 0.25) is 0 Å². The summed E-state index contributed by atoms with van der Waals surface area (Å²) < 4.78 is 11.3. The highest BCUT2D eigenvalue weighted by Gasteiger charge is 2.42. The third-order valence-corrected chi connectivity index (χ3v) is 13.1. The average Bonchev–Trinajstić information content (AvgIpc) is 3.98. The molecule has 6 rings (SSSR count). The smallest absolute Gasteiger partial charge is 0.363 e. The molecule has 348 valence electrons. The number of esters is 1. The lowest BCUT2D eigenvalue weighted by molar-refractivity contribution is -0.172. The number of nitrogens with one attached hydrogen (secondary N) is 4. The number of hydroxylamine groups is 2. The maximum atomic E-state index is 12.7. The van der Waals surface area contributed by atoms with Gasteiger partial charge in [-0.15, -0.1) is 5.06 Å². The molecule has 3 aliphatic heterocycles. The fourth-order valence-electron chi connectivity index (χ4n) is 8.08. The van der Waals surface area contributed by atoms with Crippen molar-refractivity contribution >= 4 is 53.4 Å². The van der Waals surface area contributed by atoms with E-state index in [9.17, 15) is 38.7 Å². The zero-order valence-electron chi connectivity index (χ0n) is 36.6. The summed E-state index contributed by atoms with van der Waals surface area (Å²) in [6.07, 6.45) is 8.45. The van der Waals surface area contributed by atoms with Crippen molar-refractivity contribution in [2.24, 2.45) is 0 Å². The van der Waals surface area contributed by atoms with E-state index in [1.807, 2.05) is 17.8 Å². The number of fused-ring (bicyclic) bond motifs is 1. The van der Waals surface area contributed by atoms with Crippen molar-refractivity contribution in [3.05, 3.63) is 101 Å². The molecule has 6 amide bonds. The highest BCUT2D eigenvalue weighted by atomic mass is 32.2. The van der Waals surface area contributed by atoms with Crippen LogP contribution in [0, 0.1) is 0 Å². The number of carbonyl (C=O) groups excluding carboxylic acids is 7. The van der Waals surface area contributed by atoms with E-state index in [0.717, 1.165) is 57.1 Å². The summed E-state index contributed by atoms with van der Waals surface area (Å²) in [6.45, 7) is 1.25. The summed E-state index contributed by atoms with van der Waals surface area (Å²) >= 11 is 1.89. The minimum absolute atomic E-state index is 0.00476. The molecular weight excluding hydrogens is 855 g/mol. The zero-order valence-corrected chi connectivity index (χ0v) is 37.4. The highest BCUT2D eigenvalue weighted by molar-refractivity contribution is 8.00. The molecule has 0 aromatic heterocycles. The number of benzene rings is 3. The number of amides is 6. The van der Waals surface area contributed by atoms with Gasteiger partial charge in [0.1, 0.15) is 24.6 Å². The number of aliphatic hydroxyl groups is 1. The molecule has 0 aliphatic carbocycles. The van der Waals surface area contributed by atoms with Gasteiger partial charge in [-0.05, 0) is 79.5 Å². The predicted octanol–water partition coefficient (Wildman–Crippen LogP) is 5.19. The lowest BCUT2D eigenvalue weighted by Crippen LogP contribution is -2.36. The van der Waals surface area contributed by atoms with E-state index in [0.29, 0.717) is 65.1 Å². The number of urea groups is 1. The molecule has 3 unspecified atom stereocenters. The number of hydrogen-bond acceptors (Lipinski definition) is 12. The Morgan fingerprint density at radius 2 is 1.34 bits per heavy atom. The average molecular weight is 914 g/mol. The Kier molecular flexibility index (Phi) is 18.2. The van der Waals surface area contributed by atoms with Crippen LogP contribution >= 0.6 is 11.8 Å². The summed E-state index contributed by atoms with van der Waals surface area (Å²) in [6, 6.07) is 22.3. The molecule has 0 saturated carbocycles. The van der Waals surface area contributed by atoms with E-state index in [1.54, 1.807) is 60.7 Å². The zero-order chi connectivity index (χ0) is 46.0. The maximum Gasteiger partial charge on any atom is 0.363 e. The Labute approximate surface area is 383 Å². The van der Waals surface area contributed by atoms with Gasteiger partial charge in [0.15, 0.2) is 0 Å². The van der Waals surface area contributed by atoms with Crippen LogP contribution in [0.15, 0.2) is 78.9 Å². The van der Waals surface area contributed by atoms with Crippen LogP contribution in [0.1, 0.15) is 117 Å². The molecule has 0 bridgehead atoms. The van der Waals surface area contributed by atoms with Gasteiger partial charge < -0.3 is 40.7 Å². The number of ether oxygens (including phenoxy) is 2. The van der Waals surface area contributed by atoms with E-state index >= 15 is 0 Å². The minimum Gasteiger partial charge on any atom is -0.490 e. The maximum absolute atomic E-state index is 12.7. The molecule has 17 heteroatoms. The second-order valence-electron chi connectivity index (χ2n) is 16.4. The van der Waals surface area contributed by atoms with Gasteiger partial charge in [0, 0.05) is 56.2 Å². The lowest BCUT2D eigenvalue weighted by atomic mass is 9.80. The number of nitrogens with zero attached hydrogens (tertiary/aromatic N) is 1. The van der Waals surface area contributed by atoms with Crippen molar-refractivity contribution in [1.82, 2.24) is 26.3 Å². The first-order chi connectivity index (χ1) is 31.5. The van der Waals surface area contributed by atoms with E-state index < -0.39 is 23.4 Å². The highest BCUT2D eigenvalue weighted by Crippen LogP contribution is 2.38. The topological polar surface area (TPSA) is 219 Å². The van der Waals surface area contributed by atoms with Crippen LogP contribution in [0.3, 0.4) is 0 Å². The molecule has 3 fully saturated rings. The van der Waals surface area contributed by atoms with E-state index in [2.05, 4.69) is 21.3 Å². The van der Waals surface area contributed by atoms with Gasteiger partial charge in [-0.25, -0.2) is 9.59 Å². The molecule has 3 aromatic rings. The first kappa shape index (κ1) is 48.5. The molecule has 3 aromatic carbocycles. The van der Waals surface area contributed by atoms with Crippen molar-refractivity contribution in [2.45, 2.75) is 113 Å². The van der Waals surface area contributed by atoms with Gasteiger partial charge in [-0.3, -0.25) is 24.0 Å². The van der Waals surface area contributed by atoms with E-state index in [4.69, 9.17) is 14.3 Å². The van der Waals surface area contributed by atoms with Gasteiger partial charge in [0.25, 0.3) is 11.8 Å². The standard InChI is InChI=1S/C48H59N5O11S/c54-40(18-6-2-10-27-50-41(55)19-9-8-17-39-45-38(32-65-39)51-47(60)52-45)49-28-11-3-7-20-44(58)63-30-29-62-37-16-12-15-36(31-37)48(61,34-13-4-1-5-14-34)35-23-21-33(22-24-35)46(59)64-53-42(56)25-26-43(53)57/h1,4-5,12-16,21-24,31,38-39,45,61H,2-3,6-11,17-20,25-30,32H2,(H,49,54)(H,50,55)(H2,51,52,60)/t38?,39-,45?,48?/m0/s1. The van der Waals surface area contributed by atoms with Crippen LogP contribution in [0.5, 0.6) is 5.75 Å². The van der Waals surface area contributed by atoms with Crippen LogP contribution in [0.25, 0.3) is 0 Å². The molecule has 5 N–H and O–H groups in total. The Hall–Kier alpha value is -5.94. The molecule has 0 radical (unpaired) electrons. The van der Waals surface area contributed by atoms with Gasteiger partial charge in [-0.1, -0.05) is 73.9 Å². The molecule has 4 atom stereocenters. The molecule has 16 nitrogen and oxygen atoms in total. The fraction of sp³-hybridized carbons (Fsp3) is 0.479. The number of imide groups is 1. The second kappa shape index (κ2) is 24.4. The number of thioether (sulfide) groups is 1. The first-order valence-electron chi connectivity index (χ1n) is 22.6. The monoisotopic (exact) mass is 913 g/mol. The van der Waals surface area contributed by atoms with Crippen molar-refractivity contribution in [3.8, 4) is 5.75 Å². The van der Waals surface area contributed by atoms with Crippen molar-refractivity contribution in [3.63, 3.8) is 0 Å². The van der Waals surface area contributed by atoms with Gasteiger partial charge in [0.05, 0.1) is 17.6 Å². The lowest BCUT2D eigenvalue weighted by Gasteiger charge is -2.30. The summed E-state index contributed by atoms with van der Waals surface area (Å²) in [7, 11) is 0. The molecule has 0 spiro atoms. The minimum atomic E-state index is -1.67. The number of hydrogen-bond donors (Lipinski definition) is 5. The predicted molar refractivity (Wildman–Crippen MR) is 241 cm³/mol. The summed E-state index contributed by atoms with van der Waals surface area (Å²) in [5.41, 5.74) is -0.114. The van der Waals surface area contributed by atoms with Crippen molar-refractivity contribution < 1.29 is 53.0 Å². The quantitative estimate of drug-likeness (QED) is 0.0231. The van der Waals surface area contributed by atoms with Crippen LogP contribution in [-0.2, 0) is 39.1 Å². The largest absolute Gasteiger partial charge is 0.490 e. The van der Waals surface area contributed by atoms with Crippen molar-refractivity contribution in [2.75, 3.05) is 32.1 Å². The summed E-state index contributed by atoms with van der Waals surface area (Å²) in [5.74, 6) is -0.957. The molecule has 3 saturated heterocycles. The number of unbranched alkanes of at least 4 members (excludes halogenated alkanes) is 5. The molecule has 65 heavy (non-hydrogen) atoms. The van der Waals surface area contributed by atoms with Crippen LogP contribution < -0.4 is 26.0 Å². The first-order valence-corrected chi connectivity index (χ1v) is 23.6. The van der Waals surface area contributed by atoms with Crippen LogP contribution in [-0.4, -0.2) is 101 Å². The SMILES string of the molecule is O=C(CCCCCNC(=O)CCCC[C@@H]1SCC2NC(=O)NC21)NCCCCCC(=O)OCCOc1cccc(C(O)(c2ccccc2)c2ccc(C(=O)ON3C(=O)CCC3=O)cc2)c1. The van der Waals surface area contributed by atoms with Gasteiger partial charge >= 0.3 is 18.0 Å². The van der Waals surface area contributed by atoms with E-state index in [1.165, 1.54) is 12.1 Å². The van der Waals surface area contributed by atoms with Gasteiger partial charge in [-0.2, -0.15) is 11.8 Å². The Morgan fingerprint density at radius 1 is 0.708 bits per heavy atom. The molecule has 3 aliphatic rings. The second-order valence-corrected chi connectivity index (χ2v) is 17.7. The van der Waals surface area contributed by atoms with Crippen molar-refractivity contribution in [1.29, 1.82) is 0 Å². The van der Waals surface area contributed by atoms with Gasteiger partial charge in [0.2, 0.25) is 11.8 Å². The molecular formula is C48H59N5O11S. The Balaban J connectivity index is 0.800. The van der Waals surface area contributed by atoms with E-state index in [-0.39, 0.29) is 73.9 Å². The third-order valence-electron chi connectivity index (χ3n) is 11.6. The molecule has 3 heterocycles. The van der Waals surface area contributed by atoms with Crippen LogP contribution in [0.4, 0.5) is 4.79 Å². The summed E-state index contributed by atoms with van der Waals surface area (Å²) in [4.78, 5) is 89.9.